The lowest BCUT2D eigenvalue weighted by atomic mass is 10.1. The number of piperazine rings is 1. The van der Waals surface area contributed by atoms with Crippen LogP contribution in [0.25, 0.3) is 0 Å². The van der Waals surface area contributed by atoms with Gasteiger partial charge in [-0.15, -0.1) is 0 Å². The maximum absolute atomic E-state index is 12.9. The fourth-order valence-corrected chi connectivity index (χ4v) is 2.53. The van der Waals surface area contributed by atoms with Crippen LogP contribution in [0.3, 0.4) is 0 Å². The van der Waals surface area contributed by atoms with Crippen LogP contribution in [0.5, 0.6) is 0 Å². The number of anilines is 1. The largest absolute Gasteiger partial charge is 0.369 e. The van der Waals surface area contributed by atoms with Crippen LogP contribution in [-0.4, -0.2) is 37.1 Å². The molecule has 0 amide bonds. The summed E-state index contributed by atoms with van der Waals surface area (Å²) in [5.74, 6) is -0.187. The summed E-state index contributed by atoms with van der Waals surface area (Å²) < 4.78 is 12.9. The maximum atomic E-state index is 12.9. The number of nitrogens with zero attached hydrogens (tertiary/aromatic N) is 3. The van der Waals surface area contributed by atoms with Crippen molar-refractivity contribution in [2.45, 2.75) is 25.8 Å². The van der Waals surface area contributed by atoms with E-state index in [0.717, 1.165) is 38.3 Å². The predicted molar refractivity (Wildman–Crippen MR) is 74.5 cm³/mol. The van der Waals surface area contributed by atoms with Gasteiger partial charge in [-0.3, -0.25) is 4.90 Å². The van der Waals surface area contributed by atoms with Crippen molar-refractivity contribution in [1.29, 1.82) is 5.26 Å². The fraction of sp³-hybridized carbons (Fsp3) is 0.533. The Morgan fingerprint density at radius 1 is 1.21 bits per heavy atom. The van der Waals surface area contributed by atoms with Crippen LogP contribution in [-0.2, 0) is 0 Å². The molecule has 1 atom stereocenters. The molecule has 1 saturated heterocycles. The van der Waals surface area contributed by atoms with Crippen LogP contribution in [0.4, 0.5) is 10.1 Å². The summed E-state index contributed by atoms with van der Waals surface area (Å²) in [6.07, 6.45) is 1.56. The van der Waals surface area contributed by atoms with Gasteiger partial charge in [0, 0.05) is 44.3 Å². The van der Waals surface area contributed by atoms with Gasteiger partial charge in [-0.2, -0.15) is 5.26 Å². The fourth-order valence-electron chi connectivity index (χ4n) is 2.53. The van der Waals surface area contributed by atoms with Gasteiger partial charge in [0.15, 0.2) is 0 Å². The Morgan fingerprint density at radius 2 is 1.84 bits per heavy atom. The third-order valence-electron chi connectivity index (χ3n) is 3.80. The third kappa shape index (κ3) is 3.68. The average molecular weight is 261 g/mol. The molecule has 1 fully saturated rings. The molecule has 1 aromatic carbocycles. The molecule has 1 aromatic rings. The molecule has 0 aliphatic carbocycles. The van der Waals surface area contributed by atoms with Crippen LogP contribution in [0.15, 0.2) is 24.3 Å². The van der Waals surface area contributed by atoms with E-state index in [9.17, 15) is 4.39 Å². The highest BCUT2D eigenvalue weighted by Crippen LogP contribution is 2.18. The van der Waals surface area contributed by atoms with Gasteiger partial charge < -0.3 is 4.90 Å². The van der Waals surface area contributed by atoms with Crippen LogP contribution < -0.4 is 4.90 Å². The number of benzene rings is 1. The zero-order chi connectivity index (χ0) is 13.7. The molecule has 4 heteroatoms. The van der Waals surface area contributed by atoms with Crippen molar-refractivity contribution in [2.24, 2.45) is 0 Å². The summed E-state index contributed by atoms with van der Waals surface area (Å²) in [6, 6.07) is 9.37. The lowest BCUT2D eigenvalue weighted by molar-refractivity contribution is 0.190. The summed E-state index contributed by atoms with van der Waals surface area (Å²) in [6.45, 7) is 6.11. The number of nitriles is 1. The second-order valence-corrected chi connectivity index (χ2v) is 5.05. The van der Waals surface area contributed by atoms with Gasteiger partial charge >= 0.3 is 0 Å². The van der Waals surface area contributed by atoms with Crippen molar-refractivity contribution in [2.75, 3.05) is 31.1 Å². The summed E-state index contributed by atoms with van der Waals surface area (Å²) in [4.78, 5) is 4.71. The molecule has 3 nitrogen and oxygen atoms in total. The molecule has 19 heavy (non-hydrogen) atoms. The minimum absolute atomic E-state index is 0.187. The SMILES string of the molecule is CC(CCC#N)N1CCN(c2ccc(F)cc2)CC1. The molecule has 0 radical (unpaired) electrons. The first kappa shape index (κ1) is 13.8. The van der Waals surface area contributed by atoms with Crippen molar-refractivity contribution in [1.82, 2.24) is 4.90 Å². The standard InChI is InChI=1S/C15H20FN3/c1-13(3-2-8-17)18-9-11-19(12-10-18)15-6-4-14(16)5-7-15/h4-7,13H,2-3,9-12H2,1H3. The lowest BCUT2D eigenvalue weighted by Crippen LogP contribution is -2.49. The Labute approximate surface area is 114 Å². The van der Waals surface area contributed by atoms with Crippen LogP contribution in [0.2, 0.25) is 0 Å². The number of hydrogen-bond acceptors (Lipinski definition) is 3. The summed E-state index contributed by atoms with van der Waals surface area (Å²) in [5, 5.41) is 8.62. The Hall–Kier alpha value is -1.60. The minimum Gasteiger partial charge on any atom is -0.369 e. The molecule has 0 N–H and O–H groups in total. The number of hydrogen-bond donors (Lipinski definition) is 0. The van der Waals surface area contributed by atoms with E-state index in [1.165, 1.54) is 12.1 Å². The highest BCUT2D eigenvalue weighted by molar-refractivity contribution is 5.46. The minimum atomic E-state index is -0.187. The number of halogens is 1. The van der Waals surface area contributed by atoms with Gasteiger partial charge in [-0.1, -0.05) is 0 Å². The molecule has 2 rings (SSSR count). The quantitative estimate of drug-likeness (QED) is 0.834. The summed E-state index contributed by atoms with van der Waals surface area (Å²) >= 11 is 0. The summed E-state index contributed by atoms with van der Waals surface area (Å²) in [7, 11) is 0. The molecule has 0 saturated carbocycles. The monoisotopic (exact) mass is 261 g/mol. The molecular weight excluding hydrogens is 241 g/mol. The van der Waals surface area contributed by atoms with E-state index in [1.54, 1.807) is 0 Å². The van der Waals surface area contributed by atoms with E-state index in [2.05, 4.69) is 22.8 Å². The van der Waals surface area contributed by atoms with E-state index in [1.807, 2.05) is 12.1 Å². The maximum Gasteiger partial charge on any atom is 0.123 e. The van der Waals surface area contributed by atoms with Crippen molar-refractivity contribution in [3.63, 3.8) is 0 Å². The smallest absolute Gasteiger partial charge is 0.123 e. The molecular formula is C15H20FN3. The normalized spacial score (nSPS) is 18.1. The average Bonchev–Trinajstić information content (AvgIpc) is 2.46. The Balaban J connectivity index is 1.85. The molecule has 0 bridgehead atoms. The van der Waals surface area contributed by atoms with E-state index in [4.69, 9.17) is 5.26 Å². The molecule has 1 aliphatic rings. The molecule has 1 unspecified atom stereocenters. The first-order valence-corrected chi connectivity index (χ1v) is 6.82. The van der Waals surface area contributed by atoms with Gasteiger partial charge in [0.2, 0.25) is 0 Å². The highest BCUT2D eigenvalue weighted by Gasteiger charge is 2.20. The third-order valence-corrected chi connectivity index (χ3v) is 3.80. The van der Waals surface area contributed by atoms with Crippen LogP contribution in [0, 0.1) is 17.1 Å². The van der Waals surface area contributed by atoms with Gasteiger partial charge in [-0.25, -0.2) is 4.39 Å². The van der Waals surface area contributed by atoms with Gasteiger partial charge in [0.05, 0.1) is 6.07 Å². The number of rotatable bonds is 4. The second-order valence-electron chi connectivity index (χ2n) is 5.05. The van der Waals surface area contributed by atoms with Crippen LogP contribution in [0.1, 0.15) is 19.8 Å². The zero-order valence-electron chi connectivity index (χ0n) is 11.3. The molecule has 1 heterocycles. The molecule has 0 aromatic heterocycles. The highest BCUT2D eigenvalue weighted by atomic mass is 19.1. The van der Waals surface area contributed by atoms with E-state index in [0.29, 0.717) is 12.5 Å². The van der Waals surface area contributed by atoms with Gasteiger partial charge in [0.1, 0.15) is 5.82 Å². The van der Waals surface area contributed by atoms with Gasteiger partial charge in [-0.05, 0) is 37.6 Å². The van der Waals surface area contributed by atoms with Crippen molar-refractivity contribution in [3.05, 3.63) is 30.1 Å². The summed E-state index contributed by atoms with van der Waals surface area (Å²) in [5.41, 5.74) is 1.09. The van der Waals surface area contributed by atoms with Crippen molar-refractivity contribution < 1.29 is 4.39 Å². The Bertz CT molecular complexity index is 430. The lowest BCUT2D eigenvalue weighted by Gasteiger charge is -2.39. The van der Waals surface area contributed by atoms with E-state index in [-0.39, 0.29) is 5.82 Å². The van der Waals surface area contributed by atoms with Crippen molar-refractivity contribution in [3.8, 4) is 6.07 Å². The zero-order valence-corrected chi connectivity index (χ0v) is 11.3. The van der Waals surface area contributed by atoms with E-state index >= 15 is 0 Å². The topological polar surface area (TPSA) is 30.3 Å². The first-order valence-electron chi connectivity index (χ1n) is 6.82. The van der Waals surface area contributed by atoms with Crippen LogP contribution >= 0.6 is 0 Å². The molecule has 0 spiro atoms. The molecule has 1 aliphatic heterocycles. The second kappa shape index (κ2) is 6.53. The van der Waals surface area contributed by atoms with Crippen molar-refractivity contribution >= 4 is 5.69 Å². The Morgan fingerprint density at radius 3 is 2.42 bits per heavy atom. The molecule has 102 valence electrons. The van der Waals surface area contributed by atoms with E-state index < -0.39 is 0 Å². The first-order chi connectivity index (χ1) is 9.20. The van der Waals surface area contributed by atoms with Gasteiger partial charge in [0.25, 0.3) is 0 Å². The Kier molecular flexibility index (Phi) is 4.75. The predicted octanol–water partition coefficient (Wildman–Crippen LogP) is 2.64.